The number of carbonyl (C=O) groups is 1. The average Bonchev–Trinajstić information content (AvgIpc) is 1.94. The van der Waals surface area contributed by atoms with Gasteiger partial charge < -0.3 is 24.9 Å². The molecule has 1 unspecified atom stereocenters. The summed E-state index contributed by atoms with van der Waals surface area (Å²) < 4.78 is 4.65. The molecule has 0 aromatic heterocycles. The number of aliphatic hydroxyl groups is 2. The highest BCUT2D eigenvalue weighted by Gasteiger charge is 2.28. The van der Waals surface area contributed by atoms with Crippen LogP contribution >= 0.6 is 0 Å². The summed E-state index contributed by atoms with van der Waals surface area (Å²) in [5.41, 5.74) is 0. The minimum absolute atomic E-state index is 0.108. The van der Waals surface area contributed by atoms with Crippen molar-refractivity contribution in [2.24, 2.45) is 0 Å². The second-order valence-electron chi connectivity index (χ2n) is 2.51. The van der Waals surface area contributed by atoms with Crippen LogP contribution in [0.1, 0.15) is 6.42 Å². The third-order valence-corrected chi connectivity index (χ3v) is 1.63. The summed E-state index contributed by atoms with van der Waals surface area (Å²) in [5, 5.41) is 28.0. The standard InChI is InChI=1S/C6H10O5/c7-3-1-5(6(9)10)11-2-4(3)8/h3-5,7-8H,1-2H2,(H,9,10)/p-1/t3-,4-,5?/m1/s1. The minimum Gasteiger partial charge on any atom is -0.547 e. The zero-order valence-corrected chi connectivity index (χ0v) is 5.77. The average molecular weight is 161 g/mol. The van der Waals surface area contributed by atoms with Gasteiger partial charge in [-0.2, -0.15) is 0 Å². The molecule has 1 aliphatic rings. The monoisotopic (exact) mass is 161 g/mol. The number of rotatable bonds is 1. The van der Waals surface area contributed by atoms with Gasteiger partial charge in [0, 0.05) is 6.42 Å². The number of ether oxygens (including phenoxy) is 1. The van der Waals surface area contributed by atoms with E-state index in [0.29, 0.717) is 0 Å². The summed E-state index contributed by atoms with van der Waals surface area (Å²) in [6.07, 6.45) is -3.20. The van der Waals surface area contributed by atoms with E-state index in [1.807, 2.05) is 0 Å². The first-order valence-corrected chi connectivity index (χ1v) is 3.30. The zero-order chi connectivity index (χ0) is 8.43. The molecule has 1 aliphatic heterocycles. The molecule has 0 amide bonds. The minimum atomic E-state index is -1.35. The largest absolute Gasteiger partial charge is 0.547 e. The van der Waals surface area contributed by atoms with E-state index in [0.717, 1.165) is 0 Å². The molecule has 0 radical (unpaired) electrons. The lowest BCUT2D eigenvalue weighted by atomic mass is 10.0. The van der Waals surface area contributed by atoms with Gasteiger partial charge in [-0.15, -0.1) is 0 Å². The summed E-state index contributed by atoms with van der Waals surface area (Å²) in [7, 11) is 0. The highest BCUT2D eigenvalue weighted by atomic mass is 16.5. The molecule has 1 saturated heterocycles. The number of carboxylic acid groups (broad SMARTS) is 1. The molecule has 64 valence electrons. The highest BCUT2D eigenvalue weighted by molar-refractivity contribution is 5.70. The second kappa shape index (κ2) is 3.17. The Morgan fingerprint density at radius 2 is 2.09 bits per heavy atom. The fourth-order valence-corrected chi connectivity index (χ4v) is 0.935. The van der Waals surface area contributed by atoms with E-state index < -0.39 is 24.3 Å². The number of carboxylic acids is 1. The predicted molar refractivity (Wildman–Crippen MR) is 31.4 cm³/mol. The quantitative estimate of drug-likeness (QED) is 0.435. The molecule has 1 heterocycles. The van der Waals surface area contributed by atoms with E-state index >= 15 is 0 Å². The SMILES string of the molecule is O=C([O-])C1C[C@@H](O)[C@H](O)CO1. The first kappa shape index (κ1) is 8.45. The van der Waals surface area contributed by atoms with Gasteiger partial charge in [0.05, 0.1) is 24.8 Å². The van der Waals surface area contributed by atoms with Crippen molar-refractivity contribution in [3.63, 3.8) is 0 Å². The molecule has 5 heteroatoms. The Morgan fingerprint density at radius 1 is 1.45 bits per heavy atom. The van der Waals surface area contributed by atoms with Crippen LogP contribution in [0.25, 0.3) is 0 Å². The highest BCUT2D eigenvalue weighted by Crippen LogP contribution is 2.13. The summed E-state index contributed by atoms with van der Waals surface area (Å²) in [6.45, 7) is -0.153. The lowest BCUT2D eigenvalue weighted by molar-refractivity contribution is -0.321. The van der Waals surface area contributed by atoms with E-state index in [9.17, 15) is 9.90 Å². The molecule has 1 fully saturated rings. The van der Waals surface area contributed by atoms with Crippen molar-refractivity contribution in [3.8, 4) is 0 Å². The first-order chi connectivity index (χ1) is 5.11. The molecule has 0 spiro atoms. The van der Waals surface area contributed by atoms with E-state index in [1.54, 1.807) is 0 Å². The molecular weight excluding hydrogens is 152 g/mol. The van der Waals surface area contributed by atoms with Gasteiger partial charge in [0.1, 0.15) is 6.10 Å². The van der Waals surface area contributed by atoms with Crippen LogP contribution in [0.5, 0.6) is 0 Å². The lowest BCUT2D eigenvalue weighted by Gasteiger charge is -2.30. The van der Waals surface area contributed by atoms with Crippen molar-refractivity contribution in [1.82, 2.24) is 0 Å². The van der Waals surface area contributed by atoms with Crippen LogP contribution < -0.4 is 5.11 Å². The summed E-state index contributed by atoms with van der Waals surface area (Å²) >= 11 is 0. The van der Waals surface area contributed by atoms with E-state index in [4.69, 9.17) is 10.2 Å². The Bertz CT molecular complexity index is 157. The molecule has 1 rings (SSSR count). The topological polar surface area (TPSA) is 89.8 Å². The number of hydrogen-bond acceptors (Lipinski definition) is 5. The van der Waals surface area contributed by atoms with E-state index in [1.165, 1.54) is 0 Å². The van der Waals surface area contributed by atoms with Crippen LogP contribution in [0.2, 0.25) is 0 Å². The van der Waals surface area contributed by atoms with Crippen LogP contribution in [0.3, 0.4) is 0 Å². The number of aliphatic hydroxyl groups excluding tert-OH is 2. The Labute approximate surface area is 63.2 Å². The predicted octanol–water partition coefficient (Wildman–Crippen LogP) is -2.75. The van der Waals surface area contributed by atoms with Gasteiger partial charge in [-0.25, -0.2) is 0 Å². The third-order valence-electron chi connectivity index (χ3n) is 1.63. The molecule has 11 heavy (non-hydrogen) atoms. The molecule has 5 nitrogen and oxygen atoms in total. The molecule has 0 saturated carbocycles. The maximum atomic E-state index is 10.2. The van der Waals surface area contributed by atoms with Crippen LogP contribution in [-0.4, -0.2) is 41.1 Å². The van der Waals surface area contributed by atoms with Crippen LogP contribution in [0, 0.1) is 0 Å². The van der Waals surface area contributed by atoms with Crippen LogP contribution in [-0.2, 0) is 9.53 Å². The molecule has 0 bridgehead atoms. The normalized spacial score (nSPS) is 38.5. The maximum Gasteiger partial charge on any atom is 0.103 e. The summed E-state index contributed by atoms with van der Waals surface area (Å²) in [6, 6.07) is 0. The van der Waals surface area contributed by atoms with Crippen LogP contribution in [0.4, 0.5) is 0 Å². The van der Waals surface area contributed by atoms with Crippen molar-refractivity contribution >= 4 is 5.97 Å². The van der Waals surface area contributed by atoms with Crippen molar-refractivity contribution in [2.75, 3.05) is 6.61 Å². The van der Waals surface area contributed by atoms with Crippen molar-refractivity contribution < 1.29 is 24.9 Å². The van der Waals surface area contributed by atoms with Gasteiger partial charge in [0.25, 0.3) is 0 Å². The Hall–Kier alpha value is -0.650. The molecule has 3 atom stereocenters. The van der Waals surface area contributed by atoms with Gasteiger partial charge in [0.2, 0.25) is 0 Å². The van der Waals surface area contributed by atoms with Gasteiger partial charge in [-0.1, -0.05) is 0 Å². The summed E-state index contributed by atoms with van der Waals surface area (Å²) in [4.78, 5) is 10.2. The smallest absolute Gasteiger partial charge is 0.103 e. The number of aliphatic carboxylic acids is 1. The Kier molecular flexibility index (Phi) is 2.43. The van der Waals surface area contributed by atoms with Gasteiger partial charge in [-0.05, 0) is 0 Å². The van der Waals surface area contributed by atoms with Crippen molar-refractivity contribution in [2.45, 2.75) is 24.7 Å². The van der Waals surface area contributed by atoms with E-state index in [-0.39, 0.29) is 13.0 Å². The molecule has 0 aliphatic carbocycles. The van der Waals surface area contributed by atoms with Gasteiger partial charge in [-0.3, -0.25) is 0 Å². The van der Waals surface area contributed by atoms with Crippen molar-refractivity contribution in [3.05, 3.63) is 0 Å². The lowest BCUT2D eigenvalue weighted by Crippen LogP contribution is -2.48. The summed E-state index contributed by atoms with van der Waals surface area (Å²) in [5.74, 6) is -1.35. The zero-order valence-electron chi connectivity index (χ0n) is 5.77. The van der Waals surface area contributed by atoms with Crippen molar-refractivity contribution in [1.29, 1.82) is 0 Å². The third kappa shape index (κ3) is 1.89. The molecule has 2 N–H and O–H groups in total. The second-order valence-corrected chi connectivity index (χ2v) is 2.51. The van der Waals surface area contributed by atoms with E-state index in [2.05, 4.69) is 4.74 Å². The molecule has 0 aromatic carbocycles. The number of carbonyl (C=O) groups excluding carboxylic acids is 1. The Balaban J connectivity index is 2.46. The molecule has 0 aromatic rings. The Morgan fingerprint density at radius 3 is 2.55 bits per heavy atom. The maximum absolute atomic E-state index is 10.2. The van der Waals surface area contributed by atoms with Crippen LogP contribution in [0.15, 0.2) is 0 Å². The molecular formula is C6H9O5-. The van der Waals surface area contributed by atoms with Gasteiger partial charge >= 0.3 is 0 Å². The fourth-order valence-electron chi connectivity index (χ4n) is 0.935. The van der Waals surface area contributed by atoms with Gasteiger partial charge in [0.15, 0.2) is 0 Å². The first-order valence-electron chi connectivity index (χ1n) is 3.30. The number of hydrogen-bond donors (Lipinski definition) is 2. The fraction of sp³-hybridized carbons (Fsp3) is 0.833.